The maximum absolute atomic E-state index is 11.8. The van der Waals surface area contributed by atoms with Crippen LogP contribution in [-0.4, -0.2) is 34.8 Å². The molecule has 6 heteroatoms. The van der Waals surface area contributed by atoms with Crippen LogP contribution in [0.3, 0.4) is 0 Å². The van der Waals surface area contributed by atoms with E-state index >= 15 is 0 Å². The number of anilines is 1. The fraction of sp³-hybridized carbons (Fsp3) is 0.385. The van der Waals surface area contributed by atoms with Gasteiger partial charge in [0.15, 0.2) is 0 Å². The van der Waals surface area contributed by atoms with Gasteiger partial charge in [-0.1, -0.05) is 0 Å². The number of likely N-dealkylation sites (N-methyl/N-ethyl adjacent to an activating group) is 1. The molecule has 1 aromatic rings. The van der Waals surface area contributed by atoms with Crippen LogP contribution in [0.25, 0.3) is 0 Å². The van der Waals surface area contributed by atoms with E-state index in [1.807, 2.05) is 13.8 Å². The van der Waals surface area contributed by atoms with Gasteiger partial charge in [-0.25, -0.2) is 4.98 Å². The van der Waals surface area contributed by atoms with Gasteiger partial charge in [-0.2, -0.15) is 5.26 Å². The molecule has 0 aromatic carbocycles. The summed E-state index contributed by atoms with van der Waals surface area (Å²) in [4.78, 5) is 28.6. The number of imide groups is 1. The van der Waals surface area contributed by atoms with Gasteiger partial charge in [0, 0.05) is 12.7 Å². The SMILES string of the molecule is Cc1cc(C)c(C#N)c(NC2CC(=O)N(C)C2=O)n1. The van der Waals surface area contributed by atoms with E-state index in [1.54, 1.807) is 6.07 Å². The number of pyridine rings is 1. The first-order chi connectivity index (χ1) is 8.93. The van der Waals surface area contributed by atoms with Gasteiger partial charge in [-0.3, -0.25) is 14.5 Å². The summed E-state index contributed by atoms with van der Waals surface area (Å²) in [6.45, 7) is 3.62. The molecule has 0 radical (unpaired) electrons. The zero-order valence-corrected chi connectivity index (χ0v) is 11.0. The normalized spacial score (nSPS) is 18.6. The molecule has 1 atom stereocenters. The average molecular weight is 258 g/mol. The van der Waals surface area contributed by atoms with E-state index < -0.39 is 6.04 Å². The zero-order valence-electron chi connectivity index (χ0n) is 11.0. The second kappa shape index (κ2) is 4.69. The van der Waals surface area contributed by atoms with Crippen molar-refractivity contribution in [3.63, 3.8) is 0 Å². The minimum absolute atomic E-state index is 0.0921. The largest absolute Gasteiger partial charge is 0.357 e. The quantitative estimate of drug-likeness (QED) is 0.791. The molecule has 19 heavy (non-hydrogen) atoms. The standard InChI is InChI=1S/C13H14N4O2/c1-7-4-8(2)15-12(9(7)6-14)16-10-5-11(18)17(3)13(10)19/h4,10H,5H2,1-3H3,(H,15,16). The summed E-state index contributed by atoms with van der Waals surface area (Å²) >= 11 is 0. The Balaban J connectivity index is 2.33. The minimum Gasteiger partial charge on any atom is -0.357 e. The van der Waals surface area contributed by atoms with Gasteiger partial charge in [-0.05, 0) is 25.5 Å². The van der Waals surface area contributed by atoms with E-state index in [9.17, 15) is 9.59 Å². The molecule has 1 saturated heterocycles. The number of nitriles is 1. The molecular weight excluding hydrogens is 244 g/mol. The van der Waals surface area contributed by atoms with E-state index in [-0.39, 0.29) is 18.2 Å². The topological polar surface area (TPSA) is 86.1 Å². The number of aromatic nitrogens is 1. The van der Waals surface area contributed by atoms with Crippen LogP contribution in [0.2, 0.25) is 0 Å². The average Bonchev–Trinajstić information content (AvgIpc) is 2.57. The van der Waals surface area contributed by atoms with Crippen molar-refractivity contribution in [1.29, 1.82) is 5.26 Å². The number of aryl methyl sites for hydroxylation is 2. The van der Waals surface area contributed by atoms with Crippen LogP contribution in [-0.2, 0) is 9.59 Å². The third-order valence-corrected chi connectivity index (χ3v) is 3.15. The predicted molar refractivity (Wildman–Crippen MR) is 68.2 cm³/mol. The van der Waals surface area contributed by atoms with Crippen LogP contribution < -0.4 is 5.32 Å². The van der Waals surface area contributed by atoms with E-state index in [0.29, 0.717) is 11.4 Å². The number of rotatable bonds is 2. The monoisotopic (exact) mass is 258 g/mol. The highest BCUT2D eigenvalue weighted by molar-refractivity contribution is 6.06. The second-order valence-electron chi connectivity index (χ2n) is 4.61. The molecule has 1 N–H and O–H groups in total. The molecule has 2 amide bonds. The van der Waals surface area contributed by atoms with Crippen molar-refractivity contribution >= 4 is 17.6 Å². The molecule has 6 nitrogen and oxygen atoms in total. The lowest BCUT2D eigenvalue weighted by Gasteiger charge is -2.14. The van der Waals surface area contributed by atoms with E-state index in [1.165, 1.54) is 7.05 Å². The first kappa shape index (κ1) is 13.0. The van der Waals surface area contributed by atoms with E-state index in [2.05, 4.69) is 16.4 Å². The smallest absolute Gasteiger partial charge is 0.251 e. The summed E-state index contributed by atoms with van der Waals surface area (Å²) in [5, 5.41) is 12.0. The Morgan fingerprint density at radius 3 is 2.68 bits per heavy atom. The minimum atomic E-state index is -0.640. The van der Waals surface area contributed by atoms with Gasteiger partial charge in [0.25, 0.3) is 5.91 Å². The molecule has 1 aliphatic heterocycles. The van der Waals surface area contributed by atoms with Gasteiger partial charge >= 0.3 is 0 Å². The van der Waals surface area contributed by atoms with Crippen molar-refractivity contribution in [1.82, 2.24) is 9.88 Å². The van der Waals surface area contributed by atoms with E-state index in [0.717, 1.165) is 16.2 Å². The lowest BCUT2D eigenvalue weighted by atomic mass is 10.1. The van der Waals surface area contributed by atoms with Crippen molar-refractivity contribution in [3.05, 3.63) is 22.9 Å². The summed E-state index contributed by atoms with van der Waals surface area (Å²) in [6, 6.07) is 3.23. The molecule has 1 unspecified atom stereocenters. The highest BCUT2D eigenvalue weighted by Gasteiger charge is 2.36. The zero-order chi connectivity index (χ0) is 14.2. The molecule has 0 spiro atoms. The highest BCUT2D eigenvalue weighted by Crippen LogP contribution is 2.21. The molecule has 0 aliphatic carbocycles. The summed E-state index contributed by atoms with van der Waals surface area (Å²) in [5.74, 6) is -0.165. The van der Waals surface area contributed by atoms with Crippen LogP contribution >= 0.6 is 0 Å². The number of hydrogen-bond acceptors (Lipinski definition) is 5. The van der Waals surface area contributed by atoms with Crippen molar-refractivity contribution in [2.24, 2.45) is 0 Å². The van der Waals surface area contributed by atoms with Gasteiger partial charge in [-0.15, -0.1) is 0 Å². The van der Waals surface area contributed by atoms with E-state index in [4.69, 9.17) is 5.26 Å². The number of hydrogen-bond donors (Lipinski definition) is 1. The molecule has 1 aliphatic rings. The van der Waals surface area contributed by atoms with Crippen molar-refractivity contribution < 1.29 is 9.59 Å². The maximum atomic E-state index is 11.8. The van der Waals surface area contributed by atoms with Gasteiger partial charge in [0.05, 0.1) is 12.0 Å². The third kappa shape index (κ3) is 2.27. The molecular formula is C13H14N4O2. The van der Waals surface area contributed by atoms with Crippen LogP contribution in [0.1, 0.15) is 23.2 Å². The fourth-order valence-electron chi connectivity index (χ4n) is 2.12. The summed E-state index contributed by atoms with van der Waals surface area (Å²) in [5.41, 5.74) is 1.95. The van der Waals surface area contributed by atoms with Gasteiger partial charge in [0.2, 0.25) is 5.91 Å². The van der Waals surface area contributed by atoms with Crippen LogP contribution in [0.5, 0.6) is 0 Å². The number of likely N-dealkylation sites (tertiary alicyclic amines) is 1. The Labute approximate surface area is 111 Å². The predicted octanol–water partition coefficient (Wildman–Crippen LogP) is 0.739. The number of carbonyl (C=O) groups excluding carboxylic acids is 2. The lowest BCUT2D eigenvalue weighted by Crippen LogP contribution is -2.32. The van der Waals surface area contributed by atoms with Gasteiger partial charge in [0.1, 0.15) is 17.9 Å². The number of carbonyl (C=O) groups is 2. The first-order valence-corrected chi connectivity index (χ1v) is 5.89. The molecule has 1 fully saturated rings. The molecule has 0 saturated carbocycles. The highest BCUT2D eigenvalue weighted by atomic mass is 16.2. The van der Waals surface area contributed by atoms with Crippen molar-refractivity contribution in [2.75, 3.05) is 12.4 Å². The van der Waals surface area contributed by atoms with Crippen molar-refractivity contribution in [3.8, 4) is 6.07 Å². The molecule has 98 valence electrons. The first-order valence-electron chi connectivity index (χ1n) is 5.89. The molecule has 2 rings (SSSR count). The maximum Gasteiger partial charge on any atom is 0.251 e. The fourth-order valence-corrected chi connectivity index (χ4v) is 2.12. The Bertz CT molecular complexity index is 603. The Kier molecular flexibility index (Phi) is 3.21. The third-order valence-electron chi connectivity index (χ3n) is 3.15. The number of nitrogens with one attached hydrogen (secondary N) is 1. The number of nitrogens with zero attached hydrogens (tertiary/aromatic N) is 3. The lowest BCUT2D eigenvalue weighted by molar-refractivity contribution is -0.136. The Morgan fingerprint density at radius 2 is 2.16 bits per heavy atom. The van der Waals surface area contributed by atoms with Crippen molar-refractivity contribution in [2.45, 2.75) is 26.3 Å². The van der Waals surface area contributed by atoms with Crippen LogP contribution in [0.15, 0.2) is 6.07 Å². The Morgan fingerprint density at radius 1 is 1.47 bits per heavy atom. The van der Waals surface area contributed by atoms with Crippen LogP contribution in [0, 0.1) is 25.2 Å². The second-order valence-corrected chi connectivity index (χ2v) is 4.61. The summed E-state index contributed by atoms with van der Waals surface area (Å²) in [6.07, 6.45) is 0.0921. The Hall–Kier alpha value is -2.42. The summed E-state index contributed by atoms with van der Waals surface area (Å²) < 4.78 is 0. The molecule has 0 bridgehead atoms. The number of amides is 2. The summed E-state index contributed by atoms with van der Waals surface area (Å²) in [7, 11) is 1.45. The molecule has 2 heterocycles. The van der Waals surface area contributed by atoms with Gasteiger partial charge < -0.3 is 5.32 Å². The van der Waals surface area contributed by atoms with Crippen LogP contribution in [0.4, 0.5) is 5.82 Å². The molecule has 1 aromatic heterocycles.